The molecule has 1 fully saturated rings. The molecule has 0 unspecified atom stereocenters. The van der Waals surface area contributed by atoms with Crippen LogP contribution in [0.2, 0.25) is 0 Å². The van der Waals surface area contributed by atoms with E-state index in [1.165, 1.54) is 0 Å². The predicted octanol–water partition coefficient (Wildman–Crippen LogP) is -0.0770. The number of nitrogens with two attached hydrogens (primary N) is 1. The van der Waals surface area contributed by atoms with Crippen molar-refractivity contribution in [2.45, 2.75) is 18.4 Å². The third-order valence-corrected chi connectivity index (χ3v) is 2.42. The van der Waals surface area contributed by atoms with Crippen molar-refractivity contribution in [2.75, 3.05) is 26.4 Å². The van der Waals surface area contributed by atoms with Crippen LogP contribution < -0.4 is 5.73 Å². The van der Waals surface area contributed by atoms with Crippen LogP contribution in [0.5, 0.6) is 0 Å². The fraction of sp³-hybridized carbons (Fsp3) is 0.875. The highest BCUT2D eigenvalue weighted by atomic mass is 16.5. The van der Waals surface area contributed by atoms with Gasteiger partial charge >= 0.3 is 0 Å². The maximum Gasteiger partial charge on any atom is 0.121 e. The third kappa shape index (κ3) is 1.44. The van der Waals surface area contributed by atoms with E-state index in [2.05, 4.69) is 4.99 Å². The summed E-state index contributed by atoms with van der Waals surface area (Å²) < 4.78 is 10.6. The van der Waals surface area contributed by atoms with E-state index in [1.807, 2.05) is 0 Å². The molecule has 0 atom stereocenters. The molecule has 4 heteroatoms. The average Bonchev–Trinajstić information content (AvgIpc) is 2.05. The SMILES string of the molecule is NC1=NC2(CCOCC2)COC1. The first-order valence-corrected chi connectivity index (χ1v) is 4.30. The number of nitrogens with zero attached hydrogens (tertiary/aromatic N) is 1. The van der Waals surface area contributed by atoms with Gasteiger partial charge in [0.1, 0.15) is 12.4 Å². The number of aliphatic imine (C=N–C) groups is 1. The number of amidine groups is 1. The highest BCUT2D eigenvalue weighted by molar-refractivity contribution is 5.82. The van der Waals surface area contributed by atoms with Crippen LogP contribution in [-0.4, -0.2) is 37.8 Å². The van der Waals surface area contributed by atoms with E-state index >= 15 is 0 Å². The molecule has 4 nitrogen and oxygen atoms in total. The third-order valence-electron chi connectivity index (χ3n) is 2.42. The van der Waals surface area contributed by atoms with E-state index in [0.717, 1.165) is 26.1 Å². The second-order valence-corrected chi connectivity index (χ2v) is 3.43. The van der Waals surface area contributed by atoms with Crippen molar-refractivity contribution < 1.29 is 9.47 Å². The minimum Gasteiger partial charge on any atom is -0.386 e. The number of hydrogen-bond acceptors (Lipinski definition) is 4. The largest absolute Gasteiger partial charge is 0.386 e. The normalized spacial score (nSPS) is 28.5. The van der Waals surface area contributed by atoms with Gasteiger partial charge in [-0.3, -0.25) is 4.99 Å². The summed E-state index contributed by atoms with van der Waals surface area (Å²) >= 11 is 0. The zero-order valence-electron chi connectivity index (χ0n) is 7.08. The van der Waals surface area contributed by atoms with Crippen molar-refractivity contribution in [3.8, 4) is 0 Å². The van der Waals surface area contributed by atoms with Crippen LogP contribution >= 0.6 is 0 Å². The molecule has 2 N–H and O–H groups in total. The molecule has 0 amide bonds. The first-order chi connectivity index (χ1) is 5.81. The molecule has 0 radical (unpaired) electrons. The molecule has 2 aliphatic heterocycles. The van der Waals surface area contributed by atoms with E-state index in [4.69, 9.17) is 15.2 Å². The summed E-state index contributed by atoms with van der Waals surface area (Å²) in [5.74, 6) is 0.628. The lowest BCUT2D eigenvalue weighted by Gasteiger charge is -2.36. The van der Waals surface area contributed by atoms with Crippen molar-refractivity contribution >= 4 is 5.84 Å². The Kier molecular flexibility index (Phi) is 2.02. The molecule has 1 spiro atoms. The topological polar surface area (TPSA) is 56.8 Å². The minimum atomic E-state index is -0.0550. The molecule has 2 aliphatic rings. The van der Waals surface area contributed by atoms with Gasteiger partial charge in [0.2, 0.25) is 0 Å². The van der Waals surface area contributed by atoms with E-state index in [1.54, 1.807) is 0 Å². The van der Waals surface area contributed by atoms with Crippen LogP contribution in [0.3, 0.4) is 0 Å². The van der Waals surface area contributed by atoms with Gasteiger partial charge in [-0.15, -0.1) is 0 Å². The summed E-state index contributed by atoms with van der Waals surface area (Å²) in [5.41, 5.74) is 5.57. The van der Waals surface area contributed by atoms with Crippen LogP contribution in [0, 0.1) is 0 Å². The summed E-state index contributed by atoms with van der Waals surface area (Å²) in [7, 11) is 0. The molecule has 68 valence electrons. The number of rotatable bonds is 0. The Bertz CT molecular complexity index is 197. The van der Waals surface area contributed by atoms with Crippen molar-refractivity contribution in [1.82, 2.24) is 0 Å². The lowest BCUT2D eigenvalue weighted by atomic mass is 9.91. The van der Waals surface area contributed by atoms with Crippen LogP contribution in [0.1, 0.15) is 12.8 Å². The van der Waals surface area contributed by atoms with Gasteiger partial charge in [0, 0.05) is 13.2 Å². The maximum atomic E-state index is 5.62. The zero-order chi connectivity index (χ0) is 8.44. The van der Waals surface area contributed by atoms with E-state index in [9.17, 15) is 0 Å². The maximum absolute atomic E-state index is 5.62. The van der Waals surface area contributed by atoms with E-state index in [0.29, 0.717) is 19.0 Å². The van der Waals surface area contributed by atoms with Crippen LogP contribution in [0.4, 0.5) is 0 Å². The van der Waals surface area contributed by atoms with E-state index in [-0.39, 0.29) is 5.54 Å². The minimum absolute atomic E-state index is 0.0550. The highest BCUT2D eigenvalue weighted by Gasteiger charge is 2.34. The Morgan fingerprint density at radius 3 is 2.67 bits per heavy atom. The number of ether oxygens (including phenoxy) is 2. The molecule has 12 heavy (non-hydrogen) atoms. The molecular formula is C8H14N2O2. The summed E-state index contributed by atoms with van der Waals surface area (Å²) in [6.45, 7) is 2.75. The molecule has 1 saturated heterocycles. The second-order valence-electron chi connectivity index (χ2n) is 3.43. The van der Waals surface area contributed by atoms with E-state index < -0.39 is 0 Å². The Morgan fingerprint density at radius 2 is 2.00 bits per heavy atom. The summed E-state index contributed by atoms with van der Waals surface area (Å²) in [6.07, 6.45) is 1.88. The average molecular weight is 170 g/mol. The van der Waals surface area contributed by atoms with Crippen molar-refractivity contribution in [1.29, 1.82) is 0 Å². The second kappa shape index (κ2) is 3.03. The zero-order valence-corrected chi connectivity index (χ0v) is 7.08. The fourth-order valence-corrected chi connectivity index (χ4v) is 1.72. The molecule has 0 bridgehead atoms. The van der Waals surface area contributed by atoms with Gasteiger partial charge in [0.15, 0.2) is 0 Å². The summed E-state index contributed by atoms with van der Waals surface area (Å²) in [6, 6.07) is 0. The fourth-order valence-electron chi connectivity index (χ4n) is 1.72. The van der Waals surface area contributed by atoms with Crippen LogP contribution in [0.25, 0.3) is 0 Å². The molecule has 0 aromatic carbocycles. The van der Waals surface area contributed by atoms with Gasteiger partial charge < -0.3 is 15.2 Å². The van der Waals surface area contributed by atoms with Gasteiger partial charge in [0.05, 0.1) is 12.1 Å². The van der Waals surface area contributed by atoms with Gasteiger partial charge in [-0.05, 0) is 12.8 Å². The lowest BCUT2D eigenvalue weighted by Crippen LogP contribution is -2.45. The molecular weight excluding hydrogens is 156 g/mol. The van der Waals surface area contributed by atoms with Crippen LogP contribution in [0.15, 0.2) is 4.99 Å². The number of hydrogen-bond donors (Lipinski definition) is 1. The highest BCUT2D eigenvalue weighted by Crippen LogP contribution is 2.27. The molecule has 2 rings (SSSR count). The molecule has 0 aromatic rings. The van der Waals surface area contributed by atoms with Crippen LogP contribution in [-0.2, 0) is 9.47 Å². The monoisotopic (exact) mass is 170 g/mol. The lowest BCUT2D eigenvalue weighted by molar-refractivity contribution is 0.00639. The quantitative estimate of drug-likeness (QED) is 0.553. The molecule has 0 saturated carbocycles. The van der Waals surface area contributed by atoms with Crippen molar-refractivity contribution in [3.63, 3.8) is 0 Å². The molecule has 0 aliphatic carbocycles. The summed E-state index contributed by atoms with van der Waals surface area (Å²) in [4.78, 5) is 4.46. The standard InChI is InChI=1S/C8H14N2O2/c9-7-5-12-6-8(10-7)1-3-11-4-2-8/h1-6H2,(H2,9,10). The Balaban J connectivity index is 2.12. The predicted molar refractivity (Wildman–Crippen MR) is 45.2 cm³/mol. The first-order valence-electron chi connectivity index (χ1n) is 4.30. The Labute approximate surface area is 71.7 Å². The van der Waals surface area contributed by atoms with Gasteiger partial charge in [-0.2, -0.15) is 0 Å². The Hall–Kier alpha value is -0.610. The smallest absolute Gasteiger partial charge is 0.121 e. The van der Waals surface area contributed by atoms with Gasteiger partial charge in [-0.25, -0.2) is 0 Å². The van der Waals surface area contributed by atoms with Crippen molar-refractivity contribution in [3.05, 3.63) is 0 Å². The molecule has 0 aromatic heterocycles. The van der Waals surface area contributed by atoms with Crippen molar-refractivity contribution in [2.24, 2.45) is 10.7 Å². The van der Waals surface area contributed by atoms with Gasteiger partial charge in [0.25, 0.3) is 0 Å². The Morgan fingerprint density at radius 1 is 1.25 bits per heavy atom. The summed E-state index contributed by atoms with van der Waals surface area (Å²) in [5, 5.41) is 0. The molecule has 2 heterocycles. The van der Waals surface area contributed by atoms with Gasteiger partial charge in [-0.1, -0.05) is 0 Å². The first kappa shape index (κ1) is 8.01.